The molecule has 1 aromatic rings. The third-order valence-electron chi connectivity index (χ3n) is 4.37. The van der Waals surface area contributed by atoms with Crippen molar-refractivity contribution < 1.29 is 14.3 Å². The van der Waals surface area contributed by atoms with Crippen molar-refractivity contribution in [1.29, 1.82) is 0 Å². The van der Waals surface area contributed by atoms with Gasteiger partial charge in [0.05, 0.1) is 11.2 Å². The van der Waals surface area contributed by atoms with Crippen LogP contribution in [0, 0.1) is 11.7 Å². The van der Waals surface area contributed by atoms with E-state index in [-0.39, 0.29) is 12.1 Å². The molecule has 1 aromatic carbocycles. The molecule has 0 unspecified atom stereocenters. The van der Waals surface area contributed by atoms with E-state index >= 15 is 0 Å². The normalized spacial score (nSPS) is 25.6. The lowest BCUT2D eigenvalue weighted by Gasteiger charge is -2.35. The van der Waals surface area contributed by atoms with Crippen LogP contribution in [0.3, 0.4) is 0 Å². The molecule has 1 aliphatic carbocycles. The van der Waals surface area contributed by atoms with Crippen LogP contribution in [0.2, 0.25) is 0 Å². The monoisotopic (exact) mass is 357 g/mol. The van der Waals surface area contributed by atoms with E-state index in [0.29, 0.717) is 23.2 Å². The summed E-state index contributed by atoms with van der Waals surface area (Å²) in [6.07, 6.45) is 4.47. The molecule has 0 atom stereocenters. The first-order valence-corrected chi connectivity index (χ1v) is 8.18. The average Bonchev–Trinajstić information content (AvgIpc) is 2.46. The van der Waals surface area contributed by atoms with Gasteiger partial charge in [-0.1, -0.05) is 29.3 Å². The number of rotatable bonds is 4. The van der Waals surface area contributed by atoms with Crippen LogP contribution in [0.5, 0.6) is 0 Å². The fraction of sp³-hybridized carbons (Fsp3) is 0.562. The SMILES string of the molecule is CCC1CCC(O)(CNC(=O)c2ccc(Br)cc2F)CC1. The number of carbonyl (C=O) groups excluding carboxylic acids is 1. The number of benzene rings is 1. The minimum absolute atomic E-state index is 0.00374. The Balaban J connectivity index is 1.92. The van der Waals surface area contributed by atoms with Gasteiger partial charge in [0.1, 0.15) is 5.82 Å². The molecule has 1 amide bonds. The Labute approximate surface area is 133 Å². The highest BCUT2D eigenvalue weighted by molar-refractivity contribution is 9.10. The quantitative estimate of drug-likeness (QED) is 0.863. The zero-order chi connectivity index (χ0) is 15.5. The Hall–Kier alpha value is -0.940. The maximum Gasteiger partial charge on any atom is 0.254 e. The predicted molar refractivity (Wildman–Crippen MR) is 83.6 cm³/mol. The number of nitrogens with one attached hydrogen (secondary N) is 1. The molecule has 3 nitrogen and oxygen atoms in total. The molecule has 0 radical (unpaired) electrons. The average molecular weight is 358 g/mol. The summed E-state index contributed by atoms with van der Waals surface area (Å²) in [5, 5.41) is 13.1. The highest BCUT2D eigenvalue weighted by Gasteiger charge is 2.33. The van der Waals surface area contributed by atoms with Gasteiger partial charge in [0.25, 0.3) is 5.91 Å². The molecule has 2 rings (SSSR count). The van der Waals surface area contributed by atoms with E-state index in [2.05, 4.69) is 28.2 Å². The van der Waals surface area contributed by atoms with E-state index < -0.39 is 17.3 Å². The number of hydrogen-bond acceptors (Lipinski definition) is 2. The molecule has 0 saturated heterocycles. The van der Waals surface area contributed by atoms with Crippen molar-refractivity contribution in [3.63, 3.8) is 0 Å². The van der Waals surface area contributed by atoms with Crippen molar-refractivity contribution in [2.24, 2.45) is 5.92 Å². The van der Waals surface area contributed by atoms with E-state index in [0.717, 1.165) is 19.3 Å². The van der Waals surface area contributed by atoms with Gasteiger partial charge in [0, 0.05) is 11.0 Å². The minimum atomic E-state index is -0.854. The molecule has 0 aromatic heterocycles. The third kappa shape index (κ3) is 4.27. The largest absolute Gasteiger partial charge is 0.388 e. The van der Waals surface area contributed by atoms with Crippen LogP contribution in [0.15, 0.2) is 22.7 Å². The van der Waals surface area contributed by atoms with Crippen LogP contribution in [-0.2, 0) is 0 Å². The van der Waals surface area contributed by atoms with Crippen molar-refractivity contribution in [2.75, 3.05) is 6.54 Å². The molecule has 0 heterocycles. The summed E-state index contributed by atoms with van der Waals surface area (Å²) in [6, 6.07) is 4.32. The zero-order valence-corrected chi connectivity index (χ0v) is 13.7. The van der Waals surface area contributed by atoms with Gasteiger partial charge in [-0.05, 0) is 49.8 Å². The van der Waals surface area contributed by atoms with Crippen LogP contribution in [0.4, 0.5) is 4.39 Å². The van der Waals surface area contributed by atoms with Crippen LogP contribution < -0.4 is 5.32 Å². The highest BCUT2D eigenvalue weighted by Crippen LogP contribution is 2.33. The molecule has 116 valence electrons. The summed E-state index contributed by atoms with van der Waals surface area (Å²) in [5.41, 5.74) is -0.850. The van der Waals surface area contributed by atoms with Gasteiger partial charge in [-0.2, -0.15) is 0 Å². The van der Waals surface area contributed by atoms with Crippen molar-refractivity contribution in [3.8, 4) is 0 Å². The standard InChI is InChI=1S/C16H21BrFNO2/c1-2-11-5-7-16(21,8-6-11)10-19-15(20)13-4-3-12(17)9-14(13)18/h3-4,9,11,21H,2,5-8,10H2,1H3,(H,19,20). The summed E-state index contributed by atoms with van der Waals surface area (Å²) in [4.78, 5) is 12.0. The molecule has 1 saturated carbocycles. The number of aliphatic hydroxyl groups is 1. The van der Waals surface area contributed by atoms with Crippen LogP contribution in [0.25, 0.3) is 0 Å². The topological polar surface area (TPSA) is 49.3 Å². The summed E-state index contributed by atoms with van der Waals surface area (Å²) in [6.45, 7) is 2.34. The van der Waals surface area contributed by atoms with E-state index in [1.54, 1.807) is 6.07 Å². The first-order chi connectivity index (χ1) is 9.93. The molecule has 1 aliphatic rings. The molecule has 0 bridgehead atoms. The Morgan fingerprint density at radius 3 is 2.71 bits per heavy atom. The fourth-order valence-electron chi connectivity index (χ4n) is 2.81. The lowest BCUT2D eigenvalue weighted by Crippen LogP contribution is -2.45. The lowest BCUT2D eigenvalue weighted by molar-refractivity contribution is -0.00789. The van der Waals surface area contributed by atoms with E-state index in [9.17, 15) is 14.3 Å². The van der Waals surface area contributed by atoms with Gasteiger partial charge in [-0.3, -0.25) is 4.79 Å². The Bertz CT molecular complexity index is 513. The zero-order valence-electron chi connectivity index (χ0n) is 12.2. The number of carbonyl (C=O) groups is 1. The maximum atomic E-state index is 13.7. The molecule has 21 heavy (non-hydrogen) atoms. The second-order valence-corrected chi connectivity index (χ2v) is 6.80. The molecular formula is C16H21BrFNO2. The fourth-order valence-corrected chi connectivity index (χ4v) is 3.15. The van der Waals surface area contributed by atoms with Crippen molar-refractivity contribution in [3.05, 3.63) is 34.1 Å². The van der Waals surface area contributed by atoms with Gasteiger partial charge in [0.2, 0.25) is 0 Å². The minimum Gasteiger partial charge on any atom is -0.388 e. The Morgan fingerprint density at radius 1 is 1.48 bits per heavy atom. The number of amides is 1. The molecule has 0 aliphatic heterocycles. The van der Waals surface area contributed by atoms with Crippen molar-refractivity contribution >= 4 is 21.8 Å². The highest BCUT2D eigenvalue weighted by atomic mass is 79.9. The van der Waals surface area contributed by atoms with Crippen LogP contribution in [-0.4, -0.2) is 23.2 Å². The summed E-state index contributed by atoms with van der Waals surface area (Å²) < 4.78 is 14.3. The number of hydrogen-bond donors (Lipinski definition) is 2. The summed E-state index contributed by atoms with van der Waals surface area (Å²) >= 11 is 3.16. The van der Waals surface area contributed by atoms with Crippen molar-refractivity contribution in [2.45, 2.75) is 44.6 Å². The molecular weight excluding hydrogens is 337 g/mol. The van der Waals surface area contributed by atoms with Crippen LogP contribution >= 0.6 is 15.9 Å². The van der Waals surface area contributed by atoms with Gasteiger partial charge >= 0.3 is 0 Å². The summed E-state index contributed by atoms with van der Waals surface area (Å²) in [5.74, 6) is -0.375. The van der Waals surface area contributed by atoms with Crippen molar-refractivity contribution in [1.82, 2.24) is 5.32 Å². The maximum absolute atomic E-state index is 13.7. The first kappa shape index (κ1) is 16.4. The number of halogens is 2. The molecule has 1 fully saturated rings. The van der Waals surface area contributed by atoms with E-state index in [1.165, 1.54) is 12.1 Å². The Morgan fingerprint density at radius 2 is 2.14 bits per heavy atom. The molecule has 5 heteroatoms. The predicted octanol–water partition coefficient (Wildman–Crippen LogP) is 3.65. The Kier molecular flexibility index (Phi) is 5.38. The van der Waals surface area contributed by atoms with Gasteiger partial charge in [-0.25, -0.2) is 4.39 Å². The van der Waals surface area contributed by atoms with E-state index in [4.69, 9.17) is 0 Å². The second kappa shape index (κ2) is 6.88. The first-order valence-electron chi connectivity index (χ1n) is 7.39. The van der Waals surface area contributed by atoms with Gasteiger partial charge in [0.15, 0.2) is 0 Å². The molecule has 0 spiro atoms. The molecule has 2 N–H and O–H groups in total. The van der Waals surface area contributed by atoms with Gasteiger partial charge < -0.3 is 10.4 Å². The lowest BCUT2D eigenvalue weighted by atomic mass is 9.78. The second-order valence-electron chi connectivity index (χ2n) is 5.88. The summed E-state index contributed by atoms with van der Waals surface area (Å²) in [7, 11) is 0. The van der Waals surface area contributed by atoms with E-state index in [1.807, 2.05) is 0 Å². The third-order valence-corrected chi connectivity index (χ3v) is 4.86. The van der Waals surface area contributed by atoms with Crippen LogP contribution in [0.1, 0.15) is 49.4 Å². The van der Waals surface area contributed by atoms with Gasteiger partial charge in [-0.15, -0.1) is 0 Å². The smallest absolute Gasteiger partial charge is 0.254 e.